The molecule has 1 aliphatic heterocycles. The summed E-state index contributed by atoms with van der Waals surface area (Å²) < 4.78 is 0. The molecule has 1 aromatic carbocycles. The van der Waals surface area contributed by atoms with Crippen LogP contribution in [0.5, 0.6) is 0 Å². The van der Waals surface area contributed by atoms with Crippen LogP contribution in [0.3, 0.4) is 0 Å². The van der Waals surface area contributed by atoms with Crippen LogP contribution in [0.4, 0.5) is 0 Å². The predicted molar refractivity (Wildman–Crippen MR) is 76.4 cm³/mol. The average molecular weight is 296 g/mol. The Morgan fingerprint density at radius 3 is 2.68 bits per heavy atom. The lowest BCUT2D eigenvalue weighted by atomic mass is 10.0. The molecule has 0 amide bonds. The highest BCUT2D eigenvalue weighted by atomic mass is 35.5. The number of aliphatic imine (C=N–C) groups is 1. The Labute approximate surface area is 120 Å². The van der Waals surface area contributed by atoms with E-state index in [-0.39, 0.29) is 5.84 Å². The molecular formula is C12H11Cl2N5. The number of nitriles is 1. The predicted octanol–water partition coefficient (Wildman–Crippen LogP) is 1.77. The van der Waals surface area contributed by atoms with Gasteiger partial charge < -0.3 is 10.6 Å². The van der Waals surface area contributed by atoms with Crippen LogP contribution in [-0.2, 0) is 0 Å². The van der Waals surface area contributed by atoms with Crippen molar-refractivity contribution in [2.45, 2.75) is 6.29 Å². The summed E-state index contributed by atoms with van der Waals surface area (Å²) in [4.78, 5) is 5.62. The van der Waals surface area contributed by atoms with E-state index < -0.39 is 6.29 Å². The van der Waals surface area contributed by atoms with Gasteiger partial charge in [0.1, 0.15) is 17.6 Å². The Morgan fingerprint density at radius 2 is 2.11 bits per heavy atom. The Balaban J connectivity index is 2.67. The van der Waals surface area contributed by atoms with Gasteiger partial charge in [0.15, 0.2) is 6.29 Å². The van der Waals surface area contributed by atoms with E-state index in [0.717, 1.165) is 0 Å². The largest absolute Gasteiger partial charge is 0.383 e. The molecule has 0 saturated carbocycles. The molecule has 7 heteroatoms. The quantitative estimate of drug-likeness (QED) is 0.826. The highest BCUT2D eigenvalue weighted by Crippen LogP contribution is 2.32. The van der Waals surface area contributed by atoms with Crippen molar-refractivity contribution >= 4 is 34.6 Å². The zero-order valence-electron chi connectivity index (χ0n) is 10.1. The van der Waals surface area contributed by atoms with E-state index >= 15 is 0 Å². The van der Waals surface area contributed by atoms with Crippen LogP contribution in [0.15, 0.2) is 28.9 Å². The maximum Gasteiger partial charge on any atom is 0.176 e. The highest BCUT2D eigenvalue weighted by Gasteiger charge is 2.26. The third-order valence-electron chi connectivity index (χ3n) is 2.82. The molecule has 1 heterocycles. The standard InChI is InChI=1S/C12H11Cl2N5/c1-19-9(5-15)10(11(16)18-12(19)17)7-3-2-6(13)4-8(7)14/h2-4,12H,17H2,1H3,(H2,16,18). The molecular weight excluding hydrogens is 285 g/mol. The second-order valence-electron chi connectivity index (χ2n) is 4.00. The lowest BCUT2D eigenvalue weighted by Crippen LogP contribution is -2.43. The first-order chi connectivity index (χ1) is 8.95. The number of benzene rings is 1. The first-order valence-corrected chi connectivity index (χ1v) is 6.13. The molecule has 98 valence electrons. The lowest BCUT2D eigenvalue weighted by Gasteiger charge is -2.29. The molecule has 5 nitrogen and oxygen atoms in total. The van der Waals surface area contributed by atoms with Crippen LogP contribution in [0.2, 0.25) is 10.0 Å². The van der Waals surface area contributed by atoms with E-state index in [0.29, 0.717) is 26.9 Å². The van der Waals surface area contributed by atoms with E-state index in [2.05, 4.69) is 11.1 Å². The number of nitrogens with zero attached hydrogens (tertiary/aromatic N) is 3. The minimum Gasteiger partial charge on any atom is -0.383 e. The van der Waals surface area contributed by atoms with Gasteiger partial charge in [-0.3, -0.25) is 5.73 Å². The fraction of sp³-hybridized carbons (Fsp3) is 0.167. The lowest BCUT2D eigenvalue weighted by molar-refractivity contribution is 0.328. The van der Waals surface area contributed by atoms with Gasteiger partial charge in [-0.2, -0.15) is 5.26 Å². The zero-order chi connectivity index (χ0) is 14.2. The van der Waals surface area contributed by atoms with Crippen LogP contribution in [0.1, 0.15) is 5.56 Å². The van der Waals surface area contributed by atoms with Crippen molar-refractivity contribution in [2.75, 3.05) is 7.05 Å². The number of hydrogen-bond acceptors (Lipinski definition) is 5. The van der Waals surface area contributed by atoms with Crippen LogP contribution in [0.25, 0.3) is 5.57 Å². The van der Waals surface area contributed by atoms with Gasteiger partial charge in [-0.15, -0.1) is 0 Å². The topological polar surface area (TPSA) is 91.4 Å². The number of rotatable bonds is 1. The highest BCUT2D eigenvalue weighted by molar-refractivity contribution is 6.38. The maximum atomic E-state index is 9.29. The summed E-state index contributed by atoms with van der Waals surface area (Å²) in [6.07, 6.45) is -0.676. The Kier molecular flexibility index (Phi) is 3.67. The van der Waals surface area contributed by atoms with Crippen LogP contribution in [0, 0.1) is 11.3 Å². The van der Waals surface area contributed by atoms with Crippen molar-refractivity contribution in [2.24, 2.45) is 16.5 Å². The Bertz CT molecular complexity index is 629. The molecule has 1 atom stereocenters. The third kappa shape index (κ3) is 2.38. The molecule has 1 aromatic rings. The summed E-state index contributed by atoms with van der Waals surface area (Å²) in [6.45, 7) is 0. The number of amidine groups is 1. The molecule has 0 aromatic heterocycles. The molecule has 0 aliphatic carbocycles. The smallest absolute Gasteiger partial charge is 0.176 e. The molecule has 0 spiro atoms. The van der Waals surface area contributed by atoms with Gasteiger partial charge in [0, 0.05) is 17.6 Å². The molecule has 1 aliphatic rings. The van der Waals surface area contributed by atoms with Crippen molar-refractivity contribution in [3.05, 3.63) is 39.5 Å². The fourth-order valence-electron chi connectivity index (χ4n) is 1.82. The van der Waals surface area contributed by atoms with E-state index in [1.54, 1.807) is 25.2 Å². The van der Waals surface area contributed by atoms with Crippen LogP contribution >= 0.6 is 23.2 Å². The van der Waals surface area contributed by atoms with Crippen molar-refractivity contribution in [3.63, 3.8) is 0 Å². The third-order valence-corrected chi connectivity index (χ3v) is 3.37. The van der Waals surface area contributed by atoms with Gasteiger partial charge in [0.05, 0.1) is 10.6 Å². The Morgan fingerprint density at radius 1 is 1.42 bits per heavy atom. The van der Waals surface area contributed by atoms with E-state index in [1.807, 2.05) is 0 Å². The van der Waals surface area contributed by atoms with Gasteiger partial charge in [-0.1, -0.05) is 29.3 Å². The van der Waals surface area contributed by atoms with Gasteiger partial charge in [-0.25, -0.2) is 4.99 Å². The number of nitrogens with two attached hydrogens (primary N) is 2. The van der Waals surface area contributed by atoms with Crippen LogP contribution in [-0.4, -0.2) is 24.1 Å². The van der Waals surface area contributed by atoms with Crippen LogP contribution < -0.4 is 11.5 Å². The van der Waals surface area contributed by atoms with Gasteiger partial charge in [-0.05, 0) is 12.1 Å². The van der Waals surface area contributed by atoms with Gasteiger partial charge >= 0.3 is 0 Å². The Hall–Kier alpha value is -1.74. The minimum atomic E-state index is -0.676. The molecule has 1 unspecified atom stereocenters. The van der Waals surface area contributed by atoms with Crippen molar-refractivity contribution in [1.29, 1.82) is 5.26 Å². The number of hydrogen-bond donors (Lipinski definition) is 2. The summed E-state index contributed by atoms with van der Waals surface area (Å²) >= 11 is 12.0. The maximum absolute atomic E-state index is 9.29. The monoisotopic (exact) mass is 295 g/mol. The normalized spacial score (nSPS) is 19.2. The second-order valence-corrected chi connectivity index (χ2v) is 4.84. The number of halogens is 2. The summed E-state index contributed by atoms with van der Waals surface area (Å²) in [5.74, 6) is 0.186. The zero-order valence-corrected chi connectivity index (χ0v) is 11.6. The van der Waals surface area contributed by atoms with Crippen molar-refractivity contribution < 1.29 is 0 Å². The van der Waals surface area contributed by atoms with E-state index in [1.165, 1.54) is 4.90 Å². The molecule has 0 saturated heterocycles. The molecule has 4 N–H and O–H groups in total. The van der Waals surface area contributed by atoms with Gasteiger partial charge in [0.25, 0.3) is 0 Å². The van der Waals surface area contributed by atoms with E-state index in [4.69, 9.17) is 34.7 Å². The van der Waals surface area contributed by atoms with E-state index in [9.17, 15) is 5.26 Å². The molecule has 0 bridgehead atoms. The molecule has 0 fully saturated rings. The minimum absolute atomic E-state index is 0.186. The SMILES string of the molecule is CN1C(C#N)=C(c2ccc(Cl)cc2Cl)C(N)=NC1N. The van der Waals surface area contributed by atoms with Crippen molar-refractivity contribution in [1.82, 2.24) is 4.90 Å². The summed E-state index contributed by atoms with van der Waals surface area (Å²) in [5.41, 5.74) is 13.0. The summed E-state index contributed by atoms with van der Waals surface area (Å²) in [6, 6.07) is 7.04. The number of allylic oxidation sites excluding steroid dienone is 1. The molecule has 0 radical (unpaired) electrons. The fourth-order valence-corrected chi connectivity index (χ4v) is 2.32. The second kappa shape index (κ2) is 5.10. The molecule has 2 rings (SSSR count). The summed E-state index contributed by atoms with van der Waals surface area (Å²) in [5, 5.41) is 10.2. The van der Waals surface area contributed by atoms with Crippen molar-refractivity contribution in [3.8, 4) is 6.07 Å². The first kappa shape index (κ1) is 13.7. The van der Waals surface area contributed by atoms with Gasteiger partial charge in [0.2, 0.25) is 0 Å². The summed E-state index contributed by atoms with van der Waals surface area (Å²) in [7, 11) is 1.67. The molecule has 19 heavy (non-hydrogen) atoms. The first-order valence-electron chi connectivity index (χ1n) is 5.37. The average Bonchev–Trinajstić information content (AvgIpc) is 2.34.